The van der Waals surface area contributed by atoms with E-state index in [-0.39, 0.29) is 5.91 Å². The second-order valence-electron chi connectivity index (χ2n) is 5.38. The molecule has 0 atom stereocenters. The van der Waals surface area contributed by atoms with Crippen LogP contribution in [0.15, 0.2) is 34.9 Å². The van der Waals surface area contributed by atoms with Gasteiger partial charge < -0.3 is 15.1 Å². The number of carbonyl (C=O) groups is 1. The monoisotopic (exact) mass is 274 g/mol. The maximum absolute atomic E-state index is 11.6. The lowest BCUT2D eigenvalue weighted by molar-refractivity contribution is -0.121. The van der Waals surface area contributed by atoms with E-state index < -0.39 is 0 Å². The summed E-state index contributed by atoms with van der Waals surface area (Å²) in [5.74, 6) is 0.590. The standard InChI is InChI=1S/C16H22N2O2/c1-12(2)9-18-16(19)7-8-17-10-13-11-20-15-6-4-3-5-14(13)15/h3-6,11-12,17H,7-10H2,1-2H3,(H,18,19). The van der Waals surface area contributed by atoms with Gasteiger partial charge in [-0.2, -0.15) is 0 Å². The van der Waals surface area contributed by atoms with E-state index in [0.717, 1.165) is 23.1 Å². The molecule has 4 heteroatoms. The fourth-order valence-electron chi connectivity index (χ4n) is 2.00. The smallest absolute Gasteiger partial charge is 0.221 e. The van der Waals surface area contributed by atoms with Crippen LogP contribution in [0.25, 0.3) is 11.0 Å². The van der Waals surface area contributed by atoms with Gasteiger partial charge in [0.05, 0.1) is 6.26 Å². The van der Waals surface area contributed by atoms with Gasteiger partial charge in [0, 0.05) is 37.0 Å². The zero-order valence-corrected chi connectivity index (χ0v) is 12.1. The number of fused-ring (bicyclic) bond motifs is 1. The zero-order valence-electron chi connectivity index (χ0n) is 12.1. The highest BCUT2D eigenvalue weighted by molar-refractivity contribution is 5.80. The molecule has 2 N–H and O–H groups in total. The van der Waals surface area contributed by atoms with Crippen molar-refractivity contribution in [3.63, 3.8) is 0 Å². The van der Waals surface area contributed by atoms with Gasteiger partial charge in [0.2, 0.25) is 5.91 Å². The molecule has 1 aromatic heterocycles. The van der Waals surface area contributed by atoms with Crippen LogP contribution in [0.1, 0.15) is 25.8 Å². The molecule has 0 bridgehead atoms. The number of nitrogens with one attached hydrogen (secondary N) is 2. The SMILES string of the molecule is CC(C)CNC(=O)CCNCc1coc2ccccc12. The van der Waals surface area contributed by atoms with Crippen molar-refractivity contribution in [2.45, 2.75) is 26.8 Å². The Kier molecular flexibility index (Phi) is 5.18. The molecular weight excluding hydrogens is 252 g/mol. The number of furan rings is 1. The molecule has 0 aliphatic rings. The van der Waals surface area contributed by atoms with Crippen LogP contribution < -0.4 is 10.6 Å². The molecule has 0 spiro atoms. The van der Waals surface area contributed by atoms with Crippen molar-refractivity contribution in [1.29, 1.82) is 0 Å². The molecule has 1 aromatic carbocycles. The molecule has 1 heterocycles. The van der Waals surface area contributed by atoms with Crippen molar-refractivity contribution in [1.82, 2.24) is 10.6 Å². The molecule has 1 amide bonds. The Morgan fingerprint density at radius 2 is 2.10 bits per heavy atom. The van der Waals surface area contributed by atoms with Crippen molar-refractivity contribution in [2.75, 3.05) is 13.1 Å². The Balaban J connectivity index is 1.72. The number of hydrogen-bond donors (Lipinski definition) is 2. The van der Waals surface area contributed by atoms with Gasteiger partial charge >= 0.3 is 0 Å². The third kappa shape index (κ3) is 4.10. The normalized spacial score (nSPS) is 11.2. The van der Waals surface area contributed by atoms with Gasteiger partial charge in [-0.1, -0.05) is 32.0 Å². The van der Waals surface area contributed by atoms with Crippen LogP contribution >= 0.6 is 0 Å². The van der Waals surface area contributed by atoms with E-state index in [2.05, 4.69) is 24.5 Å². The molecule has 2 aromatic rings. The summed E-state index contributed by atoms with van der Waals surface area (Å²) in [6.07, 6.45) is 2.28. The average molecular weight is 274 g/mol. The molecule has 0 aliphatic heterocycles. The topological polar surface area (TPSA) is 54.3 Å². The molecule has 0 saturated heterocycles. The second kappa shape index (κ2) is 7.10. The van der Waals surface area contributed by atoms with E-state index in [1.165, 1.54) is 0 Å². The van der Waals surface area contributed by atoms with Crippen LogP contribution in [0.2, 0.25) is 0 Å². The summed E-state index contributed by atoms with van der Waals surface area (Å²) in [6.45, 7) is 6.30. The minimum Gasteiger partial charge on any atom is -0.464 e. The first-order valence-corrected chi connectivity index (χ1v) is 7.09. The van der Waals surface area contributed by atoms with E-state index in [1.54, 1.807) is 6.26 Å². The highest BCUT2D eigenvalue weighted by atomic mass is 16.3. The predicted octanol–water partition coefficient (Wildman–Crippen LogP) is 2.68. The van der Waals surface area contributed by atoms with Crippen LogP contribution in [-0.4, -0.2) is 19.0 Å². The van der Waals surface area contributed by atoms with Gasteiger partial charge in [-0.25, -0.2) is 0 Å². The van der Waals surface area contributed by atoms with Crippen molar-refractivity contribution in [2.24, 2.45) is 5.92 Å². The number of carbonyl (C=O) groups excluding carboxylic acids is 1. The first-order chi connectivity index (χ1) is 9.66. The van der Waals surface area contributed by atoms with Crippen LogP contribution in [0.5, 0.6) is 0 Å². The van der Waals surface area contributed by atoms with Crippen molar-refractivity contribution < 1.29 is 9.21 Å². The van der Waals surface area contributed by atoms with E-state index in [9.17, 15) is 4.79 Å². The number of amides is 1. The quantitative estimate of drug-likeness (QED) is 0.763. The molecular formula is C16H22N2O2. The summed E-state index contributed by atoms with van der Waals surface area (Å²) in [7, 11) is 0. The summed E-state index contributed by atoms with van der Waals surface area (Å²) in [6, 6.07) is 7.96. The van der Waals surface area contributed by atoms with Gasteiger partial charge in [0.25, 0.3) is 0 Å². The number of para-hydroxylation sites is 1. The van der Waals surface area contributed by atoms with Gasteiger partial charge in [-0.05, 0) is 12.0 Å². The minimum absolute atomic E-state index is 0.100. The number of hydrogen-bond acceptors (Lipinski definition) is 3. The van der Waals surface area contributed by atoms with Crippen LogP contribution in [0, 0.1) is 5.92 Å². The van der Waals surface area contributed by atoms with E-state index >= 15 is 0 Å². The predicted molar refractivity (Wildman–Crippen MR) is 80.4 cm³/mol. The highest BCUT2D eigenvalue weighted by Crippen LogP contribution is 2.20. The van der Waals surface area contributed by atoms with E-state index in [4.69, 9.17) is 4.42 Å². The van der Waals surface area contributed by atoms with Crippen molar-refractivity contribution in [3.05, 3.63) is 36.1 Å². The first-order valence-electron chi connectivity index (χ1n) is 7.09. The second-order valence-corrected chi connectivity index (χ2v) is 5.38. The fraction of sp³-hybridized carbons (Fsp3) is 0.438. The Morgan fingerprint density at radius 3 is 2.90 bits per heavy atom. The highest BCUT2D eigenvalue weighted by Gasteiger charge is 2.05. The van der Waals surface area contributed by atoms with Crippen LogP contribution in [0.3, 0.4) is 0 Å². The van der Waals surface area contributed by atoms with Gasteiger partial charge in [-0.3, -0.25) is 4.79 Å². The van der Waals surface area contributed by atoms with Crippen LogP contribution in [-0.2, 0) is 11.3 Å². The summed E-state index contributed by atoms with van der Waals surface area (Å²) in [5, 5.41) is 7.31. The summed E-state index contributed by atoms with van der Waals surface area (Å²) >= 11 is 0. The lowest BCUT2D eigenvalue weighted by Gasteiger charge is -2.08. The third-order valence-electron chi connectivity index (χ3n) is 3.11. The average Bonchev–Trinajstić information content (AvgIpc) is 2.85. The zero-order chi connectivity index (χ0) is 14.4. The molecule has 0 unspecified atom stereocenters. The van der Waals surface area contributed by atoms with Gasteiger partial charge in [0.1, 0.15) is 5.58 Å². The first kappa shape index (κ1) is 14.6. The number of rotatable bonds is 7. The van der Waals surface area contributed by atoms with Crippen molar-refractivity contribution >= 4 is 16.9 Å². The Morgan fingerprint density at radius 1 is 1.30 bits per heavy atom. The third-order valence-corrected chi connectivity index (χ3v) is 3.11. The molecule has 0 radical (unpaired) electrons. The Bertz CT molecular complexity index is 560. The maximum Gasteiger partial charge on any atom is 0.221 e. The molecule has 20 heavy (non-hydrogen) atoms. The summed E-state index contributed by atoms with van der Waals surface area (Å²) < 4.78 is 5.47. The Hall–Kier alpha value is -1.81. The minimum atomic E-state index is 0.100. The molecule has 4 nitrogen and oxygen atoms in total. The van der Waals surface area contributed by atoms with E-state index in [0.29, 0.717) is 25.4 Å². The molecule has 0 saturated carbocycles. The lowest BCUT2D eigenvalue weighted by Crippen LogP contribution is -2.30. The molecule has 108 valence electrons. The summed E-state index contributed by atoms with van der Waals surface area (Å²) in [4.78, 5) is 11.6. The molecule has 0 aliphatic carbocycles. The van der Waals surface area contributed by atoms with Crippen molar-refractivity contribution in [3.8, 4) is 0 Å². The Labute approximate surface area is 119 Å². The fourth-order valence-corrected chi connectivity index (χ4v) is 2.00. The molecule has 2 rings (SSSR count). The lowest BCUT2D eigenvalue weighted by atomic mass is 10.2. The maximum atomic E-state index is 11.6. The van der Waals surface area contributed by atoms with E-state index in [1.807, 2.05) is 24.3 Å². The van der Waals surface area contributed by atoms with Crippen LogP contribution in [0.4, 0.5) is 0 Å². The van der Waals surface area contributed by atoms with Gasteiger partial charge in [-0.15, -0.1) is 0 Å². The number of benzene rings is 1. The largest absolute Gasteiger partial charge is 0.464 e. The summed E-state index contributed by atoms with van der Waals surface area (Å²) in [5.41, 5.74) is 2.03. The molecule has 0 fully saturated rings. The van der Waals surface area contributed by atoms with Gasteiger partial charge in [0.15, 0.2) is 0 Å².